The minimum atomic E-state index is 0.0633. The van der Waals surface area contributed by atoms with E-state index in [9.17, 15) is 4.79 Å². The zero-order valence-corrected chi connectivity index (χ0v) is 11.3. The lowest BCUT2D eigenvalue weighted by Gasteiger charge is -2.03. The molecule has 0 amide bonds. The number of Topliss-reactive ketones (excluding diaryl/α,β-unsaturated/α-hetero) is 1. The third kappa shape index (κ3) is 2.98. The van der Waals surface area contributed by atoms with Gasteiger partial charge in [-0.1, -0.05) is 22.9 Å². The summed E-state index contributed by atoms with van der Waals surface area (Å²) in [4.78, 5) is 13.1. The van der Waals surface area contributed by atoms with Crippen LogP contribution in [0.3, 0.4) is 0 Å². The first-order valence-electron chi connectivity index (χ1n) is 5.82. The Morgan fingerprint density at radius 3 is 3.00 bits per heavy atom. The minimum Gasteiger partial charge on any atom is -0.291 e. The fourth-order valence-electron chi connectivity index (χ4n) is 1.64. The van der Waals surface area contributed by atoms with E-state index in [1.54, 1.807) is 16.4 Å². The molecule has 0 atom stereocenters. The van der Waals surface area contributed by atoms with Gasteiger partial charge in [0.15, 0.2) is 5.78 Å². The maximum absolute atomic E-state index is 12.0. The molecule has 0 saturated carbocycles. The molecule has 0 saturated heterocycles. The van der Waals surface area contributed by atoms with Crippen molar-refractivity contribution < 1.29 is 4.79 Å². The smallest absolute Gasteiger partial charge is 0.192 e. The van der Waals surface area contributed by atoms with Crippen molar-refractivity contribution in [1.29, 1.82) is 0 Å². The number of aryl methyl sites for hydroxylation is 2. The number of nitrogens with zero attached hydrogens (tertiary/aromatic N) is 3. The van der Waals surface area contributed by atoms with Crippen molar-refractivity contribution in [3.8, 4) is 0 Å². The van der Waals surface area contributed by atoms with Crippen molar-refractivity contribution in [2.75, 3.05) is 5.75 Å². The van der Waals surface area contributed by atoms with Crippen LogP contribution in [0.5, 0.6) is 0 Å². The Hall–Kier alpha value is -1.62. The topological polar surface area (TPSA) is 47.8 Å². The van der Waals surface area contributed by atoms with Crippen LogP contribution in [0.15, 0.2) is 35.4 Å². The molecule has 0 aliphatic rings. The Balaban J connectivity index is 2.00. The first-order valence-corrected chi connectivity index (χ1v) is 6.80. The second-order valence-electron chi connectivity index (χ2n) is 3.96. The van der Waals surface area contributed by atoms with Gasteiger partial charge in [-0.3, -0.25) is 4.79 Å². The molecule has 5 heteroatoms. The predicted molar refractivity (Wildman–Crippen MR) is 71.9 cm³/mol. The van der Waals surface area contributed by atoms with Crippen LogP contribution in [0, 0.1) is 6.92 Å². The van der Waals surface area contributed by atoms with Crippen molar-refractivity contribution in [3.05, 3.63) is 41.7 Å². The van der Waals surface area contributed by atoms with E-state index in [2.05, 4.69) is 16.4 Å². The van der Waals surface area contributed by atoms with Crippen LogP contribution in [-0.2, 0) is 6.54 Å². The zero-order chi connectivity index (χ0) is 13.0. The van der Waals surface area contributed by atoms with Gasteiger partial charge in [-0.05, 0) is 26.0 Å². The summed E-state index contributed by atoms with van der Waals surface area (Å²) in [5.74, 6) is 0.477. The standard InChI is InChI=1S/C13H15N3OS/c1-3-16-12(8-14-15-16)13(17)9-18-11-6-4-5-10(2)7-11/h4-8H,3,9H2,1-2H3. The highest BCUT2D eigenvalue weighted by Crippen LogP contribution is 2.19. The molecule has 0 radical (unpaired) electrons. The number of hydrogen-bond acceptors (Lipinski definition) is 4. The Labute approximate surface area is 110 Å². The molecule has 0 unspecified atom stereocenters. The summed E-state index contributed by atoms with van der Waals surface area (Å²) in [5, 5.41) is 7.63. The summed E-state index contributed by atoms with van der Waals surface area (Å²) in [6.45, 7) is 4.65. The van der Waals surface area contributed by atoms with E-state index >= 15 is 0 Å². The van der Waals surface area contributed by atoms with E-state index < -0.39 is 0 Å². The molecular formula is C13H15N3OS. The van der Waals surface area contributed by atoms with Crippen LogP contribution < -0.4 is 0 Å². The number of benzene rings is 1. The van der Waals surface area contributed by atoms with Crippen LogP contribution in [0.4, 0.5) is 0 Å². The van der Waals surface area contributed by atoms with E-state index in [1.165, 1.54) is 11.8 Å². The van der Waals surface area contributed by atoms with Gasteiger partial charge in [-0.15, -0.1) is 16.9 Å². The molecule has 0 aliphatic carbocycles. The summed E-state index contributed by atoms with van der Waals surface area (Å²) >= 11 is 1.54. The SMILES string of the molecule is CCn1nncc1C(=O)CSc1cccc(C)c1. The molecule has 1 aromatic carbocycles. The number of rotatable bonds is 5. The van der Waals surface area contributed by atoms with Crippen molar-refractivity contribution >= 4 is 17.5 Å². The zero-order valence-electron chi connectivity index (χ0n) is 10.5. The van der Waals surface area contributed by atoms with Gasteiger partial charge in [0.25, 0.3) is 0 Å². The number of carbonyl (C=O) groups is 1. The van der Waals surface area contributed by atoms with Gasteiger partial charge in [0.05, 0.1) is 11.9 Å². The maximum Gasteiger partial charge on any atom is 0.192 e. The molecule has 4 nitrogen and oxygen atoms in total. The maximum atomic E-state index is 12.0. The highest BCUT2D eigenvalue weighted by atomic mass is 32.2. The molecule has 94 valence electrons. The second-order valence-corrected chi connectivity index (χ2v) is 5.01. The van der Waals surface area contributed by atoms with Crippen LogP contribution in [-0.4, -0.2) is 26.5 Å². The molecule has 1 heterocycles. The van der Waals surface area contributed by atoms with Crippen LogP contribution >= 0.6 is 11.8 Å². The fraction of sp³-hybridized carbons (Fsp3) is 0.308. The average Bonchev–Trinajstić information content (AvgIpc) is 2.84. The van der Waals surface area contributed by atoms with E-state index in [4.69, 9.17) is 0 Å². The Morgan fingerprint density at radius 1 is 1.44 bits per heavy atom. The van der Waals surface area contributed by atoms with Crippen LogP contribution in [0.1, 0.15) is 23.0 Å². The normalized spacial score (nSPS) is 10.6. The molecular weight excluding hydrogens is 246 g/mol. The van der Waals surface area contributed by atoms with Crippen molar-refractivity contribution in [2.45, 2.75) is 25.3 Å². The molecule has 0 aliphatic heterocycles. The van der Waals surface area contributed by atoms with E-state index in [1.807, 2.05) is 32.0 Å². The average molecular weight is 261 g/mol. The van der Waals surface area contributed by atoms with Crippen molar-refractivity contribution in [2.24, 2.45) is 0 Å². The molecule has 0 N–H and O–H groups in total. The second kappa shape index (κ2) is 5.82. The highest BCUT2D eigenvalue weighted by Gasteiger charge is 2.12. The molecule has 2 aromatic rings. The van der Waals surface area contributed by atoms with Gasteiger partial charge in [0.2, 0.25) is 0 Å². The lowest BCUT2D eigenvalue weighted by Crippen LogP contribution is -2.11. The van der Waals surface area contributed by atoms with Gasteiger partial charge < -0.3 is 0 Å². The van der Waals surface area contributed by atoms with Crippen LogP contribution in [0.25, 0.3) is 0 Å². The number of hydrogen-bond donors (Lipinski definition) is 0. The molecule has 1 aromatic heterocycles. The first-order chi connectivity index (χ1) is 8.70. The van der Waals surface area contributed by atoms with Crippen molar-refractivity contribution in [1.82, 2.24) is 15.0 Å². The van der Waals surface area contributed by atoms with Gasteiger partial charge >= 0.3 is 0 Å². The molecule has 0 fully saturated rings. The summed E-state index contributed by atoms with van der Waals surface area (Å²) < 4.78 is 1.62. The lowest BCUT2D eigenvalue weighted by molar-refractivity contribution is 0.101. The fourth-order valence-corrected chi connectivity index (χ4v) is 2.52. The molecule has 0 bridgehead atoms. The molecule has 18 heavy (non-hydrogen) atoms. The van der Waals surface area contributed by atoms with E-state index in [-0.39, 0.29) is 5.78 Å². The lowest BCUT2D eigenvalue weighted by atomic mass is 10.2. The van der Waals surface area contributed by atoms with Crippen LogP contribution in [0.2, 0.25) is 0 Å². The minimum absolute atomic E-state index is 0.0633. The number of thioether (sulfide) groups is 1. The number of carbonyl (C=O) groups excluding carboxylic acids is 1. The van der Waals surface area contributed by atoms with Gasteiger partial charge in [-0.2, -0.15) is 0 Å². The Kier molecular flexibility index (Phi) is 4.15. The predicted octanol–water partition coefficient (Wildman–Crippen LogP) is 2.58. The largest absolute Gasteiger partial charge is 0.291 e. The summed E-state index contributed by atoms with van der Waals surface area (Å²) in [6, 6.07) is 8.13. The first kappa shape index (κ1) is 12.8. The third-order valence-electron chi connectivity index (χ3n) is 2.56. The Bertz CT molecular complexity index is 551. The highest BCUT2D eigenvalue weighted by molar-refractivity contribution is 8.00. The van der Waals surface area contributed by atoms with E-state index in [0.717, 1.165) is 4.90 Å². The summed E-state index contributed by atoms with van der Waals surface area (Å²) in [7, 11) is 0. The summed E-state index contributed by atoms with van der Waals surface area (Å²) in [5.41, 5.74) is 1.78. The number of aromatic nitrogens is 3. The van der Waals surface area contributed by atoms with E-state index in [0.29, 0.717) is 18.0 Å². The van der Waals surface area contributed by atoms with Gasteiger partial charge in [0.1, 0.15) is 5.69 Å². The van der Waals surface area contributed by atoms with Gasteiger partial charge in [-0.25, -0.2) is 4.68 Å². The quantitative estimate of drug-likeness (QED) is 0.613. The molecule has 0 spiro atoms. The Morgan fingerprint density at radius 2 is 2.28 bits per heavy atom. The van der Waals surface area contributed by atoms with Crippen molar-refractivity contribution in [3.63, 3.8) is 0 Å². The third-order valence-corrected chi connectivity index (χ3v) is 3.56. The molecule has 2 rings (SSSR count). The number of ketones is 1. The van der Waals surface area contributed by atoms with Gasteiger partial charge in [0, 0.05) is 11.4 Å². The monoisotopic (exact) mass is 261 g/mol. The summed E-state index contributed by atoms with van der Waals surface area (Å²) in [6.07, 6.45) is 1.53.